The van der Waals surface area contributed by atoms with Crippen LogP contribution in [0.1, 0.15) is 68.4 Å². The minimum Gasteiger partial charge on any atom is -0.494 e. The number of carbonyl (C=O) groups is 2. The molecule has 1 N–H and O–H groups in total. The molecule has 5 rings (SSSR count). The largest absolute Gasteiger partial charge is 0.494 e. The van der Waals surface area contributed by atoms with Gasteiger partial charge in [-0.05, 0) is 44.4 Å². The molecule has 7 nitrogen and oxygen atoms in total. The van der Waals surface area contributed by atoms with E-state index in [0.29, 0.717) is 31.0 Å². The van der Waals surface area contributed by atoms with Crippen LogP contribution >= 0.6 is 0 Å². The summed E-state index contributed by atoms with van der Waals surface area (Å²) in [6.45, 7) is 5.16. The molecule has 180 valence electrons. The van der Waals surface area contributed by atoms with E-state index < -0.39 is 5.54 Å². The molecule has 1 aliphatic carbocycles. The monoisotopic (exact) mass is 463 g/mol. The summed E-state index contributed by atoms with van der Waals surface area (Å²) in [7, 11) is 0. The maximum Gasteiger partial charge on any atom is 0.271 e. The predicted octanol–water partition coefficient (Wildman–Crippen LogP) is 4.89. The second-order valence-corrected chi connectivity index (χ2v) is 9.69. The van der Waals surface area contributed by atoms with E-state index in [1.165, 1.54) is 12.8 Å². The van der Waals surface area contributed by atoms with Crippen LogP contribution < -0.4 is 10.1 Å². The summed E-state index contributed by atoms with van der Waals surface area (Å²) >= 11 is 0. The maximum absolute atomic E-state index is 13.8. The van der Waals surface area contributed by atoms with Gasteiger partial charge < -0.3 is 23.9 Å². The summed E-state index contributed by atoms with van der Waals surface area (Å²) in [6.07, 6.45) is 8.32. The molecule has 1 aliphatic heterocycles. The predicted molar refractivity (Wildman–Crippen MR) is 130 cm³/mol. The van der Waals surface area contributed by atoms with E-state index in [2.05, 4.69) is 5.32 Å². The van der Waals surface area contributed by atoms with Crippen LogP contribution in [0, 0.1) is 0 Å². The molecule has 7 heteroatoms. The highest BCUT2D eigenvalue weighted by Crippen LogP contribution is 2.34. The average Bonchev–Trinajstić information content (AvgIpc) is 3.32. The van der Waals surface area contributed by atoms with Crippen molar-refractivity contribution in [3.63, 3.8) is 0 Å². The lowest BCUT2D eigenvalue weighted by molar-refractivity contribution is -0.134. The lowest BCUT2D eigenvalue weighted by atomic mass is 9.93. The van der Waals surface area contributed by atoms with Crippen molar-refractivity contribution in [3.8, 4) is 5.75 Å². The number of aromatic nitrogens is 1. The standard InChI is InChI=1S/C27H33N3O4/c1-3-33-21-12-10-19(11-13-21)17-30-25(31)23-16-24-22(14-15-34-24)29(23)18-27(30,2)26(32)28-20-8-6-4-5-7-9-20/h10-16,20H,3-9,17-18H2,1-2H3,(H,28,32). The van der Waals surface area contributed by atoms with Gasteiger partial charge >= 0.3 is 0 Å². The number of nitrogens with one attached hydrogen (secondary N) is 1. The van der Waals surface area contributed by atoms with Gasteiger partial charge in [-0.2, -0.15) is 0 Å². The fourth-order valence-electron chi connectivity index (χ4n) is 5.33. The Kier molecular flexibility index (Phi) is 6.11. The Morgan fingerprint density at radius 3 is 2.59 bits per heavy atom. The Bertz CT molecular complexity index is 1170. The van der Waals surface area contributed by atoms with Gasteiger partial charge in [0.15, 0.2) is 5.58 Å². The number of amides is 2. The number of carbonyl (C=O) groups excluding carboxylic acids is 2. The van der Waals surface area contributed by atoms with E-state index in [9.17, 15) is 9.59 Å². The Balaban J connectivity index is 1.48. The van der Waals surface area contributed by atoms with Crippen molar-refractivity contribution in [3.05, 3.63) is 53.9 Å². The highest BCUT2D eigenvalue weighted by molar-refractivity contribution is 6.02. The number of benzene rings is 1. The van der Waals surface area contributed by atoms with E-state index in [-0.39, 0.29) is 17.9 Å². The first-order chi connectivity index (χ1) is 16.5. The Morgan fingerprint density at radius 1 is 1.15 bits per heavy atom. The molecule has 1 fully saturated rings. The number of rotatable bonds is 6. The molecule has 34 heavy (non-hydrogen) atoms. The first kappa shape index (κ1) is 22.6. The molecule has 3 aromatic rings. The van der Waals surface area contributed by atoms with Crippen LogP contribution in [0.5, 0.6) is 5.75 Å². The number of fused-ring (bicyclic) bond motifs is 3. The molecule has 1 unspecified atom stereocenters. The summed E-state index contributed by atoms with van der Waals surface area (Å²) in [5.41, 5.74) is 1.99. The number of hydrogen-bond acceptors (Lipinski definition) is 4. The number of nitrogens with zero attached hydrogens (tertiary/aromatic N) is 2. The second-order valence-electron chi connectivity index (χ2n) is 9.69. The highest BCUT2D eigenvalue weighted by atomic mass is 16.5. The Morgan fingerprint density at radius 2 is 1.88 bits per heavy atom. The minimum atomic E-state index is -1.03. The third-order valence-corrected chi connectivity index (χ3v) is 7.30. The molecule has 2 aromatic heterocycles. The van der Waals surface area contributed by atoms with Gasteiger partial charge in [-0.3, -0.25) is 9.59 Å². The van der Waals surface area contributed by atoms with Crippen molar-refractivity contribution in [1.29, 1.82) is 0 Å². The SMILES string of the molecule is CCOc1ccc(CN2C(=O)c3cc4occc4n3CC2(C)C(=O)NC2CCCCCC2)cc1. The van der Waals surface area contributed by atoms with Gasteiger partial charge in [-0.1, -0.05) is 37.8 Å². The molecule has 1 atom stereocenters. The van der Waals surface area contributed by atoms with E-state index >= 15 is 0 Å². The van der Waals surface area contributed by atoms with E-state index in [4.69, 9.17) is 9.15 Å². The van der Waals surface area contributed by atoms with Crippen LogP contribution in [0.25, 0.3) is 11.1 Å². The summed E-state index contributed by atoms with van der Waals surface area (Å²) in [5, 5.41) is 3.31. The normalized spacial score (nSPS) is 21.4. The van der Waals surface area contributed by atoms with E-state index in [1.807, 2.05) is 48.7 Å². The number of furan rings is 1. The Labute approximate surface area is 200 Å². The minimum absolute atomic E-state index is 0.0883. The lowest BCUT2D eigenvalue weighted by Gasteiger charge is -2.44. The molecule has 0 bridgehead atoms. The molecule has 2 aliphatic rings. The van der Waals surface area contributed by atoms with Gasteiger partial charge in [0.1, 0.15) is 17.0 Å². The van der Waals surface area contributed by atoms with Gasteiger partial charge in [-0.15, -0.1) is 0 Å². The zero-order valence-electron chi connectivity index (χ0n) is 20.0. The van der Waals surface area contributed by atoms with Gasteiger partial charge in [-0.25, -0.2) is 0 Å². The quantitative estimate of drug-likeness (QED) is 0.528. The van der Waals surface area contributed by atoms with Crippen LogP contribution in [-0.4, -0.2) is 39.5 Å². The maximum atomic E-state index is 13.8. The van der Waals surface area contributed by atoms with Crippen molar-refractivity contribution in [2.45, 2.75) is 77.0 Å². The summed E-state index contributed by atoms with van der Waals surface area (Å²) < 4.78 is 13.1. The molecule has 2 amide bonds. The van der Waals surface area contributed by atoms with Crippen LogP contribution in [0.2, 0.25) is 0 Å². The second kappa shape index (κ2) is 9.20. The van der Waals surface area contributed by atoms with E-state index in [1.54, 1.807) is 17.2 Å². The molecule has 0 spiro atoms. The first-order valence-corrected chi connectivity index (χ1v) is 12.4. The fraction of sp³-hybridized carbons (Fsp3) is 0.481. The van der Waals surface area contributed by atoms with Crippen LogP contribution in [0.3, 0.4) is 0 Å². The van der Waals surface area contributed by atoms with Crippen molar-refractivity contribution in [2.75, 3.05) is 6.61 Å². The molecule has 1 aromatic carbocycles. The Hall–Kier alpha value is -3.22. The van der Waals surface area contributed by atoms with Crippen molar-refractivity contribution in [2.24, 2.45) is 0 Å². The van der Waals surface area contributed by atoms with Crippen molar-refractivity contribution in [1.82, 2.24) is 14.8 Å². The van der Waals surface area contributed by atoms with Crippen molar-refractivity contribution < 1.29 is 18.7 Å². The third kappa shape index (κ3) is 4.08. The number of hydrogen-bond donors (Lipinski definition) is 1. The summed E-state index contributed by atoms with van der Waals surface area (Å²) in [6, 6.07) is 11.5. The van der Waals surface area contributed by atoms with Gasteiger partial charge in [0.05, 0.1) is 24.9 Å². The third-order valence-electron chi connectivity index (χ3n) is 7.30. The summed E-state index contributed by atoms with van der Waals surface area (Å²) in [4.78, 5) is 29.3. The first-order valence-electron chi connectivity index (χ1n) is 12.4. The van der Waals surface area contributed by atoms with Crippen LogP contribution in [0.15, 0.2) is 47.1 Å². The molecule has 3 heterocycles. The molecule has 0 saturated heterocycles. The van der Waals surface area contributed by atoms with E-state index in [0.717, 1.165) is 42.5 Å². The molecule has 0 radical (unpaired) electrons. The van der Waals surface area contributed by atoms with Crippen LogP contribution in [-0.2, 0) is 17.9 Å². The zero-order chi connectivity index (χ0) is 23.7. The number of ether oxygens (including phenoxy) is 1. The van der Waals surface area contributed by atoms with Gasteiger partial charge in [0.2, 0.25) is 5.91 Å². The highest BCUT2D eigenvalue weighted by Gasteiger charge is 2.48. The zero-order valence-corrected chi connectivity index (χ0v) is 20.0. The van der Waals surface area contributed by atoms with Crippen LogP contribution in [0.4, 0.5) is 0 Å². The van der Waals surface area contributed by atoms with Gasteiger partial charge in [0, 0.05) is 24.7 Å². The fourth-order valence-corrected chi connectivity index (χ4v) is 5.33. The molecule has 1 saturated carbocycles. The molecular formula is C27H33N3O4. The smallest absolute Gasteiger partial charge is 0.271 e. The average molecular weight is 464 g/mol. The summed E-state index contributed by atoms with van der Waals surface area (Å²) in [5.74, 6) is 0.541. The molecular weight excluding hydrogens is 430 g/mol. The lowest BCUT2D eigenvalue weighted by Crippen LogP contribution is -2.64. The van der Waals surface area contributed by atoms with Crippen molar-refractivity contribution >= 4 is 22.9 Å². The van der Waals surface area contributed by atoms with Gasteiger partial charge in [0.25, 0.3) is 5.91 Å². The topological polar surface area (TPSA) is 76.7 Å².